The first kappa shape index (κ1) is 21.6. The van der Waals surface area contributed by atoms with E-state index < -0.39 is 4.92 Å². The van der Waals surface area contributed by atoms with Gasteiger partial charge in [-0.2, -0.15) is 0 Å². The minimum Gasteiger partial charge on any atom is -0.356 e. The molecule has 1 atom stereocenters. The largest absolute Gasteiger partial charge is 0.356 e. The normalized spacial score (nSPS) is 15.7. The first-order valence-corrected chi connectivity index (χ1v) is 8.64. The van der Waals surface area contributed by atoms with Gasteiger partial charge in [0.2, 0.25) is 5.91 Å². The van der Waals surface area contributed by atoms with Gasteiger partial charge in [0.05, 0.1) is 4.92 Å². The molecule has 0 saturated heterocycles. The van der Waals surface area contributed by atoms with Gasteiger partial charge in [-0.3, -0.25) is 19.9 Å². The number of carbonyl (C=O) groups excluding carboxylic acids is 1. The van der Waals surface area contributed by atoms with Gasteiger partial charge in [-0.05, 0) is 11.6 Å². The van der Waals surface area contributed by atoms with Gasteiger partial charge in [-0.15, -0.1) is 24.0 Å². The molecule has 0 saturated carbocycles. The van der Waals surface area contributed by atoms with Crippen LogP contribution >= 0.6 is 24.0 Å². The SMILES string of the molecule is CN=C(NCc1ccccc1[N+](=O)[O-])NCC1CC(=O)Nc2ccccc21.I. The number of para-hydroxylation sites is 2. The Bertz CT molecular complexity index is 887. The van der Waals surface area contributed by atoms with Crippen LogP contribution in [0.3, 0.4) is 0 Å². The summed E-state index contributed by atoms with van der Waals surface area (Å²) in [5, 5.41) is 20.3. The van der Waals surface area contributed by atoms with E-state index in [1.54, 1.807) is 25.2 Å². The highest BCUT2D eigenvalue weighted by molar-refractivity contribution is 14.0. The zero-order valence-electron chi connectivity index (χ0n) is 15.3. The molecule has 1 heterocycles. The van der Waals surface area contributed by atoms with Crippen molar-refractivity contribution in [2.75, 3.05) is 18.9 Å². The molecule has 28 heavy (non-hydrogen) atoms. The fourth-order valence-corrected chi connectivity index (χ4v) is 3.14. The molecule has 0 aromatic heterocycles. The molecule has 1 amide bonds. The van der Waals surface area contributed by atoms with E-state index >= 15 is 0 Å². The number of nitrogens with zero attached hydrogens (tertiary/aromatic N) is 2. The van der Waals surface area contributed by atoms with Crippen LogP contribution in [0, 0.1) is 10.1 Å². The molecule has 9 heteroatoms. The molecule has 0 bridgehead atoms. The van der Waals surface area contributed by atoms with Gasteiger partial charge in [0.25, 0.3) is 5.69 Å². The maximum Gasteiger partial charge on any atom is 0.274 e. The fraction of sp³-hybridized carbons (Fsp3) is 0.263. The number of nitro benzene ring substituents is 1. The highest BCUT2D eigenvalue weighted by Gasteiger charge is 2.24. The monoisotopic (exact) mass is 495 g/mol. The average molecular weight is 495 g/mol. The lowest BCUT2D eigenvalue weighted by atomic mass is 9.90. The lowest BCUT2D eigenvalue weighted by Gasteiger charge is -2.26. The smallest absolute Gasteiger partial charge is 0.274 e. The van der Waals surface area contributed by atoms with E-state index in [1.807, 2.05) is 24.3 Å². The highest BCUT2D eigenvalue weighted by Crippen LogP contribution is 2.31. The number of amides is 1. The number of carbonyl (C=O) groups is 1. The van der Waals surface area contributed by atoms with Crippen LogP contribution in [0.25, 0.3) is 0 Å². The average Bonchev–Trinajstić information content (AvgIpc) is 2.68. The molecule has 8 nitrogen and oxygen atoms in total. The van der Waals surface area contributed by atoms with Gasteiger partial charge in [-0.25, -0.2) is 0 Å². The topological polar surface area (TPSA) is 109 Å². The van der Waals surface area contributed by atoms with E-state index in [4.69, 9.17) is 0 Å². The van der Waals surface area contributed by atoms with Gasteiger partial charge in [-0.1, -0.05) is 36.4 Å². The van der Waals surface area contributed by atoms with Gasteiger partial charge >= 0.3 is 0 Å². The van der Waals surface area contributed by atoms with E-state index in [0.717, 1.165) is 11.3 Å². The highest BCUT2D eigenvalue weighted by atomic mass is 127. The summed E-state index contributed by atoms with van der Waals surface area (Å²) in [4.78, 5) is 26.8. The van der Waals surface area contributed by atoms with Gasteiger partial charge in [0, 0.05) is 49.8 Å². The summed E-state index contributed by atoms with van der Waals surface area (Å²) in [6.07, 6.45) is 0.394. The molecule has 2 aromatic rings. The van der Waals surface area contributed by atoms with Crippen LogP contribution in [-0.2, 0) is 11.3 Å². The van der Waals surface area contributed by atoms with E-state index in [1.165, 1.54) is 6.07 Å². The third-order valence-electron chi connectivity index (χ3n) is 4.48. The summed E-state index contributed by atoms with van der Waals surface area (Å²) in [7, 11) is 1.64. The number of fused-ring (bicyclic) bond motifs is 1. The maximum absolute atomic E-state index is 11.9. The van der Waals surface area contributed by atoms with Crippen LogP contribution in [0.15, 0.2) is 53.5 Å². The number of benzene rings is 2. The van der Waals surface area contributed by atoms with Gasteiger partial charge < -0.3 is 16.0 Å². The molecule has 0 fully saturated rings. The molecule has 0 spiro atoms. The van der Waals surface area contributed by atoms with Gasteiger partial charge in [0.1, 0.15) is 0 Å². The summed E-state index contributed by atoms with van der Waals surface area (Å²) < 4.78 is 0. The maximum atomic E-state index is 11.9. The van der Waals surface area contributed by atoms with Crippen molar-refractivity contribution in [1.82, 2.24) is 10.6 Å². The second-order valence-electron chi connectivity index (χ2n) is 6.23. The first-order chi connectivity index (χ1) is 13.1. The molecule has 1 aliphatic rings. The van der Waals surface area contributed by atoms with Crippen molar-refractivity contribution >= 4 is 47.2 Å². The van der Waals surface area contributed by atoms with Crippen molar-refractivity contribution in [2.45, 2.75) is 18.9 Å². The Morgan fingerprint density at radius 1 is 1.21 bits per heavy atom. The van der Waals surface area contributed by atoms with E-state index in [0.29, 0.717) is 24.5 Å². The second-order valence-corrected chi connectivity index (χ2v) is 6.23. The van der Waals surface area contributed by atoms with Crippen molar-refractivity contribution in [1.29, 1.82) is 0 Å². The number of rotatable bonds is 5. The van der Waals surface area contributed by atoms with Crippen molar-refractivity contribution in [3.05, 3.63) is 69.8 Å². The van der Waals surface area contributed by atoms with Crippen LogP contribution in [-0.4, -0.2) is 30.4 Å². The molecule has 1 unspecified atom stereocenters. The van der Waals surface area contributed by atoms with Crippen molar-refractivity contribution in [3.63, 3.8) is 0 Å². The fourth-order valence-electron chi connectivity index (χ4n) is 3.14. The van der Waals surface area contributed by atoms with Crippen molar-refractivity contribution in [3.8, 4) is 0 Å². The Hall–Kier alpha value is -2.69. The van der Waals surface area contributed by atoms with Crippen molar-refractivity contribution in [2.24, 2.45) is 4.99 Å². The number of anilines is 1. The van der Waals surface area contributed by atoms with Crippen LogP contribution < -0.4 is 16.0 Å². The zero-order chi connectivity index (χ0) is 19.2. The number of hydrogen-bond donors (Lipinski definition) is 3. The minimum atomic E-state index is -0.398. The van der Waals surface area contributed by atoms with Crippen LogP contribution in [0.4, 0.5) is 11.4 Å². The third kappa shape index (κ3) is 5.18. The van der Waals surface area contributed by atoms with Crippen LogP contribution in [0.5, 0.6) is 0 Å². The van der Waals surface area contributed by atoms with E-state index in [2.05, 4.69) is 20.9 Å². The summed E-state index contributed by atoms with van der Waals surface area (Å²) in [5.74, 6) is 0.541. The number of guanidine groups is 1. The van der Waals surface area contributed by atoms with Crippen molar-refractivity contribution < 1.29 is 9.72 Å². The lowest BCUT2D eigenvalue weighted by molar-refractivity contribution is -0.385. The standard InChI is InChI=1S/C19H21N5O3.HI/c1-20-19(21-11-13-6-2-5-9-17(13)24(26)27)22-12-14-10-18(25)23-16-8-4-3-7-15(14)16;/h2-9,14H,10-12H2,1H3,(H,23,25)(H2,20,21,22);1H. The van der Waals surface area contributed by atoms with Crippen LogP contribution in [0.1, 0.15) is 23.5 Å². The zero-order valence-corrected chi connectivity index (χ0v) is 17.7. The number of halogens is 1. The predicted octanol–water partition coefficient (Wildman–Crippen LogP) is 3.00. The summed E-state index contributed by atoms with van der Waals surface area (Å²) in [6.45, 7) is 0.805. The summed E-state index contributed by atoms with van der Waals surface area (Å²) in [6, 6.07) is 14.3. The molecule has 148 valence electrons. The second kappa shape index (κ2) is 10.0. The Morgan fingerprint density at radius 3 is 2.68 bits per heavy atom. The minimum absolute atomic E-state index is 0. The molecule has 3 rings (SSSR count). The number of nitro groups is 1. The predicted molar refractivity (Wildman–Crippen MR) is 119 cm³/mol. The Balaban J connectivity index is 0.00000280. The first-order valence-electron chi connectivity index (χ1n) is 8.64. The lowest BCUT2D eigenvalue weighted by Crippen LogP contribution is -2.40. The van der Waals surface area contributed by atoms with Gasteiger partial charge in [0.15, 0.2) is 5.96 Å². The Morgan fingerprint density at radius 2 is 1.93 bits per heavy atom. The number of aliphatic imine (C=N–C) groups is 1. The molecule has 2 aromatic carbocycles. The Kier molecular flexibility index (Phi) is 7.73. The van der Waals surface area contributed by atoms with Crippen LogP contribution in [0.2, 0.25) is 0 Å². The third-order valence-corrected chi connectivity index (χ3v) is 4.48. The summed E-state index contributed by atoms with van der Waals surface area (Å²) >= 11 is 0. The number of hydrogen-bond acceptors (Lipinski definition) is 4. The molecular weight excluding hydrogens is 473 g/mol. The van der Waals surface area contributed by atoms with E-state index in [-0.39, 0.29) is 48.0 Å². The molecule has 0 aliphatic carbocycles. The quantitative estimate of drug-likeness (QED) is 0.194. The molecular formula is C19H22IN5O3. The molecule has 1 aliphatic heterocycles. The Labute approximate surface area is 180 Å². The number of nitrogens with one attached hydrogen (secondary N) is 3. The summed E-state index contributed by atoms with van der Waals surface area (Å²) in [5.41, 5.74) is 2.56. The molecule has 0 radical (unpaired) electrons. The van der Waals surface area contributed by atoms with E-state index in [9.17, 15) is 14.9 Å². The molecule has 3 N–H and O–H groups in total.